The first-order valence-corrected chi connectivity index (χ1v) is 12.2. The first kappa shape index (κ1) is 21.3. The molecule has 30 heavy (non-hydrogen) atoms. The van der Waals surface area contributed by atoms with Crippen LogP contribution in [0, 0.1) is 0 Å². The summed E-state index contributed by atoms with van der Waals surface area (Å²) in [5.74, 6) is 0.820. The molecular weight excluding hydrogens is 442 g/mol. The number of sulfonamides is 1. The van der Waals surface area contributed by atoms with Gasteiger partial charge in [-0.1, -0.05) is 11.6 Å². The van der Waals surface area contributed by atoms with Crippen LogP contribution in [-0.4, -0.2) is 55.9 Å². The molecule has 0 bridgehead atoms. The molecule has 1 saturated heterocycles. The van der Waals surface area contributed by atoms with Crippen LogP contribution in [0.4, 0.5) is 0 Å². The lowest BCUT2D eigenvalue weighted by molar-refractivity contribution is 0.181. The van der Waals surface area contributed by atoms with Gasteiger partial charge >= 0.3 is 0 Å². The smallest absolute Gasteiger partial charge is 0.243 e. The summed E-state index contributed by atoms with van der Waals surface area (Å²) >= 11 is 7.50. The Bertz CT molecular complexity index is 1090. The molecule has 0 aliphatic carbocycles. The van der Waals surface area contributed by atoms with Crippen molar-refractivity contribution in [1.82, 2.24) is 14.2 Å². The van der Waals surface area contributed by atoms with E-state index in [1.807, 2.05) is 24.3 Å². The van der Waals surface area contributed by atoms with E-state index in [0.717, 1.165) is 28.6 Å². The Morgan fingerprint density at radius 2 is 1.70 bits per heavy atom. The predicted molar refractivity (Wildman–Crippen MR) is 120 cm³/mol. The predicted octanol–water partition coefficient (Wildman–Crippen LogP) is 3.98. The van der Waals surface area contributed by atoms with Crippen molar-refractivity contribution < 1.29 is 13.2 Å². The van der Waals surface area contributed by atoms with Crippen molar-refractivity contribution in [2.75, 3.05) is 33.3 Å². The van der Waals surface area contributed by atoms with Crippen LogP contribution in [0.15, 0.2) is 58.8 Å². The molecule has 0 spiro atoms. The fraction of sp³-hybridized carbons (Fsp3) is 0.286. The Balaban J connectivity index is 1.36. The molecule has 2 aromatic carbocycles. The molecule has 0 saturated carbocycles. The normalized spacial score (nSPS) is 15.9. The molecule has 0 atom stereocenters. The van der Waals surface area contributed by atoms with Crippen LogP contribution in [0.25, 0.3) is 11.3 Å². The minimum absolute atomic E-state index is 0.282. The van der Waals surface area contributed by atoms with Crippen molar-refractivity contribution in [2.45, 2.75) is 11.4 Å². The van der Waals surface area contributed by atoms with Crippen LogP contribution >= 0.6 is 22.9 Å². The van der Waals surface area contributed by atoms with Gasteiger partial charge in [-0.05, 0) is 48.5 Å². The Hall–Kier alpha value is -1.97. The van der Waals surface area contributed by atoms with Crippen molar-refractivity contribution in [2.24, 2.45) is 0 Å². The molecule has 1 aliphatic rings. The Kier molecular flexibility index (Phi) is 6.40. The minimum atomic E-state index is -3.49. The molecule has 1 aliphatic heterocycles. The van der Waals surface area contributed by atoms with E-state index in [9.17, 15) is 8.42 Å². The standard InChI is InChI=1S/C21H22ClN3O3S2/c1-28-18-6-2-16(3-7-18)20-15-29-21(23-20)14-24-10-12-25(13-11-24)30(26,27)19-8-4-17(22)5-9-19/h2-9,15H,10-14H2,1H3. The van der Waals surface area contributed by atoms with Gasteiger partial charge in [0.05, 0.1) is 24.2 Å². The Morgan fingerprint density at radius 3 is 2.33 bits per heavy atom. The quantitative estimate of drug-likeness (QED) is 0.553. The minimum Gasteiger partial charge on any atom is -0.497 e. The molecule has 0 radical (unpaired) electrons. The molecule has 3 aromatic rings. The monoisotopic (exact) mass is 463 g/mol. The van der Waals surface area contributed by atoms with E-state index in [1.165, 1.54) is 4.31 Å². The van der Waals surface area contributed by atoms with E-state index in [2.05, 4.69) is 10.3 Å². The van der Waals surface area contributed by atoms with Crippen molar-refractivity contribution in [1.29, 1.82) is 0 Å². The first-order chi connectivity index (χ1) is 14.5. The average Bonchev–Trinajstić information content (AvgIpc) is 3.23. The van der Waals surface area contributed by atoms with Gasteiger partial charge in [0.25, 0.3) is 0 Å². The molecule has 1 fully saturated rings. The topological polar surface area (TPSA) is 62.7 Å². The molecule has 9 heteroatoms. The first-order valence-electron chi connectivity index (χ1n) is 9.52. The van der Waals surface area contributed by atoms with E-state index >= 15 is 0 Å². The molecule has 0 unspecified atom stereocenters. The van der Waals surface area contributed by atoms with Gasteiger partial charge in [0.2, 0.25) is 10.0 Å². The molecule has 2 heterocycles. The fourth-order valence-corrected chi connectivity index (χ4v) is 5.75. The van der Waals surface area contributed by atoms with Crippen molar-refractivity contribution in [3.05, 3.63) is 63.9 Å². The van der Waals surface area contributed by atoms with E-state index < -0.39 is 10.0 Å². The third-order valence-corrected chi connectivity index (χ3v) is 8.08. The summed E-state index contributed by atoms with van der Waals surface area (Å²) in [6, 6.07) is 14.2. The van der Waals surface area contributed by atoms with Gasteiger partial charge in [-0.15, -0.1) is 11.3 Å². The van der Waals surface area contributed by atoms with E-state index in [1.54, 1.807) is 42.7 Å². The maximum Gasteiger partial charge on any atom is 0.243 e. The Labute approximate surface area is 185 Å². The van der Waals surface area contributed by atoms with Gasteiger partial charge in [0.15, 0.2) is 0 Å². The fourth-order valence-electron chi connectivity index (χ4n) is 3.35. The molecule has 0 amide bonds. The lowest BCUT2D eigenvalue weighted by Crippen LogP contribution is -2.48. The van der Waals surface area contributed by atoms with Crippen LogP contribution in [-0.2, 0) is 16.6 Å². The number of aromatic nitrogens is 1. The zero-order valence-electron chi connectivity index (χ0n) is 16.5. The number of methoxy groups -OCH3 is 1. The summed E-state index contributed by atoms with van der Waals surface area (Å²) in [4.78, 5) is 7.27. The van der Waals surface area contributed by atoms with Crippen LogP contribution < -0.4 is 4.74 Å². The largest absolute Gasteiger partial charge is 0.497 e. The number of ether oxygens (including phenoxy) is 1. The summed E-state index contributed by atoms with van der Waals surface area (Å²) < 4.78 is 32.4. The molecule has 158 valence electrons. The number of rotatable bonds is 6. The number of nitrogens with zero attached hydrogens (tertiary/aromatic N) is 3. The molecule has 4 rings (SSSR count). The zero-order chi connectivity index (χ0) is 21.1. The van der Waals surface area contributed by atoms with Crippen molar-refractivity contribution in [3.8, 4) is 17.0 Å². The van der Waals surface area contributed by atoms with Crippen molar-refractivity contribution in [3.63, 3.8) is 0 Å². The van der Waals surface area contributed by atoms with Gasteiger partial charge in [0.1, 0.15) is 10.8 Å². The summed E-state index contributed by atoms with van der Waals surface area (Å²) in [5.41, 5.74) is 2.00. The highest BCUT2D eigenvalue weighted by Gasteiger charge is 2.28. The lowest BCUT2D eigenvalue weighted by atomic mass is 10.2. The number of thiazole rings is 1. The molecule has 1 aromatic heterocycles. The zero-order valence-corrected chi connectivity index (χ0v) is 18.9. The SMILES string of the molecule is COc1ccc(-c2csc(CN3CCN(S(=O)(=O)c4ccc(Cl)cc4)CC3)n2)cc1. The van der Waals surface area contributed by atoms with Gasteiger partial charge in [-0.25, -0.2) is 13.4 Å². The molecule has 0 N–H and O–H groups in total. The highest BCUT2D eigenvalue weighted by molar-refractivity contribution is 7.89. The second kappa shape index (κ2) is 9.03. The number of hydrogen-bond acceptors (Lipinski definition) is 6. The third kappa shape index (κ3) is 4.68. The summed E-state index contributed by atoms with van der Waals surface area (Å²) in [5, 5.41) is 3.60. The molecular formula is C21H22ClN3O3S2. The van der Waals surface area contributed by atoms with E-state index in [0.29, 0.717) is 31.2 Å². The van der Waals surface area contributed by atoms with Gasteiger partial charge < -0.3 is 4.74 Å². The summed E-state index contributed by atoms with van der Waals surface area (Å²) in [6.07, 6.45) is 0. The van der Waals surface area contributed by atoms with Crippen molar-refractivity contribution >= 4 is 33.0 Å². The van der Waals surface area contributed by atoms with Crippen LogP contribution in [0.3, 0.4) is 0 Å². The van der Waals surface area contributed by atoms with Gasteiger partial charge in [-0.2, -0.15) is 4.31 Å². The van der Waals surface area contributed by atoms with Crippen LogP contribution in [0.5, 0.6) is 5.75 Å². The number of hydrogen-bond donors (Lipinski definition) is 0. The van der Waals surface area contributed by atoms with Crippen LogP contribution in [0.2, 0.25) is 5.02 Å². The maximum atomic E-state index is 12.8. The summed E-state index contributed by atoms with van der Waals surface area (Å²) in [6.45, 7) is 2.98. The highest BCUT2D eigenvalue weighted by Crippen LogP contribution is 2.25. The van der Waals surface area contributed by atoms with Crippen LogP contribution in [0.1, 0.15) is 5.01 Å². The number of piperazine rings is 1. The highest BCUT2D eigenvalue weighted by atomic mass is 35.5. The van der Waals surface area contributed by atoms with E-state index in [4.69, 9.17) is 21.3 Å². The second-order valence-electron chi connectivity index (χ2n) is 6.99. The Morgan fingerprint density at radius 1 is 1.03 bits per heavy atom. The second-order valence-corrected chi connectivity index (χ2v) is 10.3. The maximum absolute atomic E-state index is 12.8. The average molecular weight is 464 g/mol. The number of benzene rings is 2. The lowest BCUT2D eigenvalue weighted by Gasteiger charge is -2.33. The van der Waals surface area contributed by atoms with E-state index in [-0.39, 0.29) is 4.90 Å². The van der Waals surface area contributed by atoms with Gasteiger partial charge in [-0.3, -0.25) is 4.90 Å². The number of halogens is 1. The van der Waals surface area contributed by atoms with Gasteiger partial charge in [0, 0.05) is 42.1 Å². The summed E-state index contributed by atoms with van der Waals surface area (Å²) in [7, 11) is -1.84. The third-order valence-electron chi connectivity index (χ3n) is 5.08. The molecule has 6 nitrogen and oxygen atoms in total.